The molecule has 2 unspecified atom stereocenters. The zero-order valence-corrected chi connectivity index (χ0v) is 34.9. The molecule has 282 valence electrons. The standard InChI is InChI=1S/C32H72N3O8P4/c1-9-17-25-36-34(44(38-27-19-11-3)33-45(39-28-20-12-4)40-29-21-13-5)46(41-30-22-14-6)35(37-26-18-10-2)47(42-31-23-15-7)43-32-24-16-8/h9-32H2,1-8H3/q+1. The summed E-state index contributed by atoms with van der Waals surface area (Å²) in [6.07, 6.45) is 15.4. The summed E-state index contributed by atoms with van der Waals surface area (Å²) in [5.74, 6) is 0. The summed E-state index contributed by atoms with van der Waals surface area (Å²) < 4.78 is 47.6. The zero-order chi connectivity index (χ0) is 34.8. The van der Waals surface area contributed by atoms with Gasteiger partial charge in [0.15, 0.2) is 0 Å². The summed E-state index contributed by atoms with van der Waals surface area (Å²) >= 11 is 0. The Morgan fingerprint density at radius 3 is 1.30 bits per heavy atom. The Labute approximate surface area is 294 Å². The quantitative estimate of drug-likeness (QED) is 0.0347. The molecule has 15 heteroatoms. The highest BCUT2D eigenvalue weighted by atomic mass is 31.2. The van der Waals surface area contributed by atoms with E-state index in [-0.39, 0.29) is 0 Å². The highest BCUT2D eigenvalue weighted by molar-refractivity contribution is 7.68. The maximum Gasteiger partial charge on any atom is 0.520 e. The molecule has 0 radical (unpaired) electrons. The Bertz CT molecular complexity index is 674. The van der Waals surface area contributed by atoms with Crippen molar-refractivity contribution in [1.82, 2.24) is 9.21 Å². The molecule has 0 aliphatic rings. The summed E-state index contributed by atoms with van der Waals surface area (Å²) in [5.41, 5.74) is 0. The summed E-state index contributed by atoms with van der Waals surface area (Å²) in [6.45, 7) is 21.7. The van der Waals surface area contributed by atoms with E-state index in [9.17, 15) is 0 Å². The van der Waals surface area contributed by atoms with Gasteiger partial charge in [-0.1, -0.05) is 107 Å². The Kier molecular flexibility index (Phi) is 37.5. The Morgan fingerprint density at radius 2 is 0.830 bits per heavy atom. The van der Waals surface area contributed by atoms with Crippen LogP contribution in [0.3, 0.4) is 0 Å². The van der Waals surface area contributed by atoms with Crippen molar-refractivity contribution in [3.8, 4) is 0 Å². The predicted octanol–water partition coefficient (Wildman–Crippen LogP) is 13.1. The number of unbranched alkanes of at least 4 members (excludes halogenated alkanes) is 8. The zero-order valence-electron chi connectivity index (χ0n) is 31.4. The minimum Gasteiger partial charge on any atom is -0.325 e. The minimum absolute atomic E-state index is 0.497. The molecule has 47 heavy (non-hydrogen) atoms. The van der Waals surface area contributed by atoms with Crippen molar-refractivity contribution in [1.29, 1.82) is 0 Å². The first kappa shape index (κ1) is 48.0. The second-order valence-corrected chi connectivity index (χ2v) is 17.4. The van der Waals surface area contributed by atoms with E-state index in [4.69, 9.17) is 41.3 Å². The van der Waals surface area contributed by atoms with Crippen molar-refractivity contribution >= 4 is 33.6 Å². The third-order valence-corrected chi connectivity index (χ3v) is 13.4. The molecule has 0 rings (SSSR count). The Balaban J connectivity index is 7.05. The molecule has 2 atom stereocenters. The average Bonchev–Trinajstić information content (AvgIpc) is 3.07. The van der Waals surface area contributed by atoms with Crippen molar-refractivity contribution < 1.29 is 36.8 Å². The lowest BCUT2D eigenvalue weighted by molar-refractivity contribution is -0.0773. The summed E-state index contributed by atoms with van der Waals surface area (Å²) in [4.78, 5) is 13.2. The summed E-state index contributed by atoms with van der Waals surface area (Å²) in [5, 5.41) is 0. The van der Waals surface area contributed by atoms with Gasteiger partial charge in [-0.2, -0.15) is 0 Å². The SMILES string of the molecule is CCCCON(P(OCCCC)OCCCC)P(OCCCC)N(OCCCC)[P+](=NP(OCCCC)OCCCC)OCCCC. The molecule has 0 amide bonds. The fourth-order valence-electron chi connectivity index (χ4n) is 3.19. The molecular weight excluding hydrogens is 678 g/mol. The number of nitrogens with zero attached hydrogens (tertiary/aromatic N) is 3. The van der Waals surface area contributed by atoms with E-state index in [2.05, 4.69) is 55.4 Å². The first-order chi connectivity index (χ1) is 23.1. The van der Waals surface area contributed by atoms with Crippen LogP contribution < -0.4 is 0 Å². The molecule has 0 spiro atoms. The van der Waals surface area contributed by atoms with Crippen LogP contribution in [0.2, 0.25) is 0 Å². The van der Waals surface area contributed by atoms with E-state index >= 15 is 0 Å². The topological polar surface area (TPSA) is 92.7 Å². The van der Waals surface area contributed by atoms with Crippen LogP contribution in [0.1, 0.15) is 158 Å². The second-order valence-electron chi connectivity index (χ2n) is 11.1. The molecule has 0 aliphatic carbocycles. The normalized spacial score (nSPS) is 13.2. The van der Waals surface area contributed by atoms with Crippen LogP contribution >= 0.6 is 33.6 Å². The van der Waals surface area contributed by atoms with Crippen LogP contribution in [0.4, 0.5) is 0 Å². The molecular formula is C32H72N3O8P4+. The van der Waals surface area contributed by atoms with Gasteiger partial charge in [0, 0.05) is 4.52 Å². The van der Waals surface area contributed by atoms with Crippen molar-refractivity contribution in [3.05, 3.63) is 0 Å². The molecule has 0 saturated heterocycles. The summed E-state index contributed by atoms with van der Waals surface area (Å²) in [7, 11) is -6.60. The van der Waals surface area contributed by atoms with Crippen LogP contribution in [-0.4, -0.2) is 62.1 Å². The fraction of sp³-hybridized carbons (Fsp3) is 1.00. The average molecular weight is 751 g/mol. The third kappa shape index (κ3) is 25.6. The number of hydrogen-bond donors (Lipinski definition) is 0. The summed E-state index contributed by atoms with van der Waals surface area (Å²) in [6, 6.07) is 0. The van der Waals surface area contributed by atoms with Gasteiger partial charge in [0.2, 0.25) is 0 Å². The first-order valence-corrected chi connectivity index (χ1v) is 23.2. The molecule has 0 aromatic rings. The second kappa shape index (κ2) is 36.8. The van der Waals surface area contributed by atoms with Gasteiger partial charge < -0.3 is 22.6 Å². The van der Waals surface area contributed by atoms with E-state index in [0.29, 0.717) is 52.9 Å². The maximum absolute atomic E-state index is 6.75. The maximum atomic E-state index is 6.75. The van der Waals surface area contributed by atoms with Gasteiger partial charge in [0.05, 0.1) is 46.2 Å². The van der Waals surface area contributed by atoms with Crippen LogP contribution in [0, 0.1) is 0 Å². The van der Waals surface area contributed by atoms with Crippen LogP contribution in [0.15, 0.2) is 4.52 Å². The van der Waals surface area contributed by atoms with E-state index in [0.717, 1.165) is 103 Å². The lowest BCUT2D eigenvalue weighted by Gasteiger charge is -2.34. The lowest BCUT2D eigenvalue weighted by atomic mass is 10.4. The first-order valence-electron chi connectivity index (χ1n) is 18.6. The predicted molar refractivity (Wildman–Crippen MR) is 201 cm³/mol. The lowest BCUT2D eigenvalue weighted by Crippen LogP contribution is -2.27. The van der Waals surface area contributed by atoms with Gasteiger partial charge in [-0.25, -0.2) is 0 Å². The monoisotopic (exact) mass is 750 g/mol. The molecule has 0 aliphatic heterocycles. The van der Waals surface area contributed by atoms with Crippen molar-refractivity contribution in [2.24, 2.45) is 4.52 Å². The fourth-order valence-corrected chi connectivity index (χ4v) is 10.5. The van der Waals surface area contributed by atoms with Gasteiger partial charge >= 0.3 is 25.1 Å². The smallest absolute Gasteiger partial charge is 0.325 e. The van der Waals surface area contributed by atoms with Gasteiger partial charge in [0.25, 0.3) is 8.53 Å². The number of hydrogen-bond acceptors (Lipinski definition) is 10. The Hall–Kier alpha value is 0.990. The van der Waals surface area contributed by atoms with Crippen LogP contribution in [-0.2, 0) is 36.8 Å². The van der Waals surface area contributed by atoms with E-state index in [1.54, 1.807) is 0 Å². The van der Waals surface area contributed by atoms with Crippen LogP contribution in [0.25, 0.3) is 0 Å². The van der Waals surface area contributed by atoms with E-state index < -0.39 is 33.6 Å². The molecule has 0 aromatic carbocycles. The molecule has 0 N–H and O–H groups in total. The van der Waals surface area contributed by atoms with Gasteiger partial charge in [-0.05, 0) is 56.0 Å². The third-order valence-electron chi connectivity index (χ3n) is 6.35. The molecule has 11 nitrogen and oxygen atoms in total. The minimum atomic E-state index is -1.73. The highest BCUT2D eigenvalue weighted by Crippen LogP contribution is 2.66. The highest BCUT2D eigenvalue weighted by Gasteiger charge is 2.49. The van der Waals surface area contributed by atoms with Crippen molar-refractivity contribution in [2.75, 3.05) is 52.9 Å². The van der Waals surface area contributed by atoms with Crippen LogP contribution in [0.5, 0.6) is 0 Å². The molecule has 0 aromatic heterocycles. The largest absolute Gasteiger partial charge is 0.520 e. The van der Waals surface area contributed by atoms with E-state index in [1.165, 1.54) is 0 Å². The molecule has 0 fully saturated rings. The number of rotatable bonds is 37. The molecule has 0 heterocycles. The van der Waals surface area contributed by atoms with E-state index in [1.807, 2.05) is 9.21 Å². The molecule has 0 bridgehead atoms. The van der Waals surface area contributed by atoms with Gasteiger partial charge in [-0.15, -0.1) is 4.52 Å². The van der Waals surface area contributed by atoms with Gasteiger partial charge in [0.1, 0.15) is 11.2 Å². The van der Waals surface area contributed by atoms with Gasteiger partial charge in [-0.3, -0.25) is 9.68 Å². The van der Waals surface area contributed by atoms with Crippen molar-refractivity contribution in [3.63, 3.8) is 0 Å². The molecule has 0 saturated carbocycles. The van der Waals surface area contributed by atoms with Crippen molar-refractivity contribution in [2.45, 2.75) is 158 Å². The Morgan fingerprint density at radius 1 is 0.447 bits per heavy atom.